The summed E-state index contributed by atoms with van der Waals surface area (Å²) in [5, 5.41) is 29.4. The second-order valence-electron chi connectivity index (χ2n) is 8.50. The molecule has 4 atom stereocenters. The van der Waals surface area contributed by atoms with E-state index in [4.69, 9.17) is 9.94 Å². The molecule has 0 aromatic carbocycles. The number of aliphatic hydroxyl groups excluding tert-OH is 2. The Hall–Kier alpha value is -1.11. The summed E-state index contributed by atoms with van der Waals surface area (Å²) in [6.07, 6.45) is 11.7. The highest BCUT2D eigenvalue weighted by Crippen LogP contribution is 2.49. The normalized spacial score (nSPS) is 24.8. The van der Waals surface area contributed by atoms with E-state index in [1.165, 1.54) is 37.7 Å². The Morgan fingerprint density at radius 3 is 2.64 bits per heavy atom. The van der Waals surface area contributed by atoms with E-state index in [0.717, 1.165) is 44.2 Å². The van der Waals surface area contributed by atoms with Crippen molar-refractivity contribution >= 4 is 5.97 Å². The van der Waals surface area contributed by atoms with Gasteiger partial charge in [-0.3, -0.25) is 15.1 Å². The Kier molecular flexibility index (Phi) is 10.3. The van der Waals surface area contributed by atoms with Gasteiger partial charge in [-0.1, -0.05) is 45.4 Å². The quantitative estimate of drug-likeness (QED) is 0.233. The third-order valence-electron chi connectivity index (χ3n) is 6.23. The molecular formula is C22H39NO5. The van der Waals surface area contributed by atoms with Gasteiger partial charge in [-0.25, -0.2) is 0 Å². The van der Waals surface area contributed by atoms with Crippen molar-refractivity contribution in [1.82, 2.24) is 5.48 Å². The van der Waals surface area contributed by atoms with E-state index in [-0.39, 0.29) is 30.5 Å². The van der Waals surface area contributed by atoms with Crippen LogP contribution in [-0.2, 0) is 9.63 Å². The van der Waals surface area contributed by atoms with Crippen LogP contribution in [0.15, 0.2) is 11.3 Å². The molecule has 6 nitrogen and oxygen atoms in total. The van der Waals surface area contributed by atoms with Crippen molar-refractivity contribution in [3.8, 4) is 0 Å². The van der Waals surface area contributed by atoms with Crippen LogP contribution in [-0.4, -0.2) is 40.1 Å². The number of carboxylic acid groups (broad SMARTS) is 1. The summed E-state index contributed by atoms with van der Waals surface area (Å²) in [5.41, 5.74) is 5.25. The Morgan fingerprint density at radius 1 is 1.14 bits per heavy atom. The number of hydrogen-bond acceptors (Lipinski definition) is 5. The number of hydrogen-bond donors (Lipinski definition) is 4. The van der Waals surface area contributed by atoms with Crippen LogP contribution >= 0.6 is 0 Å². The molecule has 0 amide bonds. The van der Waals surface area contributed by atoms with Crippen LogP contribution < -0.4 is 5.48 Å². The first kappa shape index (κ1) is 23.2. The fourth-order valence-corrected chi connectivity index (χ4v) is 4.42. The molecule has 2 rings (SSSR count). The summed E-state index contributed by atoms with van der Waals surface area (Å²) in [5.74, 6) is -0.355. The number of aliphatic carboxylic acids is 1. The van der Waals surface area contributed by atoms with Gasteiger partial charge in [-0.2, -0.15) is 0 Å². The van der Waals surface area contributed by atoms with Crippen LogP contribution in [0.1, 0.15) is 90.4 Å². The lowest BCUT2D eigenvalue weighted by molar-refractivity contribution is -0.137. The number of hydroxylamine groups is 1. The van der Waals surface area contributed by atoms with Crippen molar-refractivity contribution in [2.45, 2.75) is 103 Å². The lowest BCUT2D eigenvalue weighted by atomic mass is 9.83. The van der Waals surface area contributed by atoms with Crippen LogP contribution in [0.25, 0.3) is 0 Å². The first-order chi connectivity index (χ1) is 13.5. The van der Waals surface area contributed by atoms with Gasteiger partial charge in [0.1, 0.15) is 0 Å². The van der Waals surface area contributed by atoms with Gasteiger partial charge < -0.3 is 15.3 Å². The molecule has 4 N–H and O–H groups in total. The summed E-state index contributed by atoms with van der Waals surface area (Å²) >= 11 is 0. The number of rotatable bonds is 16. The van der Waals surface area contributed by atoms with Crippen molar-refractivity contribution in [2.75, 3.05) is 6.61 Å². The first-order valence-corrected chi connectivity index (χ1v) is 11.2. The third kappa shape index (κ3) is 7.37. The molecule has 1 saturated carbocycles. The van der Waals surface area contributed by atoms with Crippen LogP contribution in [0.2, 0.25) is 0 Å². The van der Waals surface area contributed by atoms with Crippen molar-refractivity contribution in [3.63, 3.8) is 0 Å². The van der Waals surface area contributed by atoms with Gasteiger partial charge in [0, 0.05) is 18.0 Å². The summed E-state index contributed by atoms with van der Waals surface area (Å²) in [6.45, 7) is 2.59. The van der Waals surface area contributed by atoms with E-state index in [1.54, 1.807) is 0 Å². The van der Waals surface area contributed by atoms with Crippen molar-refractivity contribution in [2.24, 2.45) is 11.8 Å². The van der Waals surface area contributed by atoms with Gasteiger partial charge in [0.05, 0.1) is 18.8 Å². The molecule has 1 fully saturated rings. The molecule has 28 heavy (non-hydrogen) atoms. The fraction of sp³-hybridized carbons (Fsp3) is 0.864. The number of fused-ring (bicyclic) bond motifs is 1. The van der Waals surface area contributed by atoms with E-state index >= 15 is 0 Å². The van der Waals surface area contributed by atoms with Crippen LogP contribution in [0.4, 0.5) is 0 Å². The highest BCUT2D eigenvalue weighted by atomic mass is 16.6. The van der Waals surface area contributed by atoms with Crippen LogP contribution in [0, 0.1) is 11.8 Å². The number of aliphatic hydroxyl groups is 2. The molecule has 6 heteroatoms. The molecule has 4 unspecified atom stereocenters. The second kappa shape index (κ2) is 12.5. The van der Waals surface area contributed by atoms with E-state index in [0.29, 0.717) is 13.0 Å². The zero-order valence-corrected chi connectivity index (χ0v) is 17.4. The first-order valence-electron chi connectivity index (χ1n) is 11.2. The molecule has 0 heterocycles. The van der Waals surface area contributed by atoms with Gasteiger partial charge >= 0.3 is 5.97 Å². The maximum atomic E-state index is 10.5. The minimum Gasteiger partial charge on any atom is -0.481 e. The van der Waals surface area contributed by atoms with Crippen molar-refractivity contribution < 1.29 is 25.0 Å². The minimum absolute atomic E-state index is 0.109. The summed E-state index contributed by atoms with van der Waals surface area (Å²) in [4.78, 5) is 15.8. The molecule has 0 bridgehead atoms. The lowest BCUT2D eigenvalue weighted by Gasteiger charge is -2.30. The standard InChI is InChI=1S/C22H39NO5/c1-2-3-4-5-6-7-9-17(24)12-11-16-14-18-19(22(16)27)15-20(18)23-28-13-8-10-21(25)26/h16-17,19,22-24,27H,2-15H2,1H3,(H,25,26). The zero-order valence-electron chi connectivity index (χ0n) is 17.4. The van der Waals surface area contributed by atoms with Gasteiger partial charge in [-0.15, -0.1) is 0 Å². The van der Waals surface area contributed by atoms with E-state index < -0.39 is 5.97 Å². The van der Waals surface area contributed by atoms with Crippen LogP contribution in [0.5, 0.6) is 0 Å². The van der Waals surface area contributed by atoms with Gasteiger partial charge in [0.2, 0.25) is 0 Å². The number of nitrogens with one attached hydrogen (secondary N) is 1. The number of allylic oxidation sites excluding steroid dienone is 1. The monoisotopic (exact) mass is 397 g/mol. The molecule has 162 valence electrons. The Morgan fingerprint density at radius 2 is 1.89 bits per heavy atom. The number of unbranched alkanes of at least 4 members (excludes halogenated alkanes) is 5. The average molecular weight is 398 g/mol. The predicted molar refractivity (Wildman–Crippen MR) is 108 cm³/mol. The molecule has 2 aliphatic rings. The van der Waals surface area contributed by atoms with E-state index in [9.17, 15) is 15.0 Å². The molecule has 0 radical (unpaired) electrons. The smallest absolute Gasteiger partial charge is 0.303 e. The molecule has 0 saturated heterocycles. The molecule has 0 aromatic rings. The van der Waals surface area contributed by atoms with Gasteiger partial charge in [-0.05, 0) is 50.0 Å². The van der Waals surface area contributed by atoms with Crippen molar-refractivity contribution in [1.29, 1.82) is 0 Å². The van der Waals surface area contributed by atoms with Crippen molar-refractivity contribution in [3.05, 3.63) is 11.3 Å². The molecule has 0 aliphatic heterocycles. The summed E-state index contributed by atoms with van der Waals surface area (Å²) < 4.78 is 0. The Balaban J connectivity index is 1.59. The summed E-state index contributed by atoms with van der Waals surface area (Å²) in [7, 11) is 0. The zero-order chi connectivity index (χ0) is 20.4. The predicted octanol–water partition coefficient (Wildman–Crippen LogP) is 3.92. The highest BCUT2D eigenvalue weighted by Gasteiger charge is 2.45. The summed E-state index contributed by atoms with van der Waals surface area (Å²) in [6, 6.07) is 0. The van der Waals surface area contributed by atoms with Gasteiger partial charge in [0.15, 0.2) is 0 Å². The Bertz CT molecular complexity index is 507. The number of carboxylic acids is 1. The largest absolute Gasteiger partial charge is 0.481 e. The Labute approximate surface area is 169 Å². The lowest BCUT2D eigenvalue weighted by Crippen LogP contribution is -2.32. The number of carbonyl (C=O) groups is 1. The van der Waals surface area contributed by atoms with Gasteiger partial charge in [0.25, 0.3) is 0 Å². The fourth-order valence-electron chi connectivity index (χ4n) is 4.42. The second-order valence-corrected chi connectivity index (χ2v) is 8.50. The minimum atomic E-state index is -0.810. The van der Waals surface area contributed by atoms with E-state index in [1.807, 2.05) is 0 Å². The topological polar surface area (TPSA) is 99.0 Å². The third-order valence-corrected chi connectivity index (χ3v) is 6.23. The molecule has 0 spiro atoms. The molecule has 2 aliphatic carbocycles. The maximum Gasteiger partial charge on any atom is 0.303 e. The van der Waals surface area contributed by atoms with Crippen LogP contribution in [0.3, 0.4) is 0 Å². The van der Waals surface area contributed by atoms with E-state index in [2.05, 4.69) is 12.4 Å². The average Bonchev–Trinajstić information content (AvgIpc) is 2.89. The highest BCUT2D eigenvalue weighted by molar-refractivity contribution is 5.66. The maximum absolute atomic E-state index is 10.5. The molecular weight excluding hydrogens is 358 g/mol. The molecule has 0 aromatic heterocycles. The SMILES string of the molecule is CCCCCCCCC(O)CCC1CC2=C(NOCCCC(=O)O)CC2C1O.